The molecule has 0 bridgehead atoms. The number of allylic oxidation sites excluding steroid dienone is 3. The van der Waals surface area contributed by atoms with Gasteiger partial charge in [0.05, 0.1) is 18.8 Å². The minimum atomic E-state index is -0.856. The first-order valence-electron chi connectivity index (χ1n) is 21.1. The van der Waals surface area contributed by atoms with Crippen LogP contribution in [-0.2, 0) is 4.79 Å². The van der Waals surface area contributed by atoms with Crippen molar-refractivity contribution in [2.24, 2.45) is 0 Å². The Morgan fingerprint density at radius 1 is 0.489 bits per heavy atom. The van der Waals surface area contributed by atoms with Crippen molar-refractivity contribution in [3.05, 3.63) is 24.3 Å². The van der Waals surface area contributed by atoms with Crippen molar-refractivity contribution >= 4 is 5.91 Å². The second-order valence-corrected chi connectivity index (χ2v) is 14.4. The molecule has 2 atom stereocenters. The molecule has 0 aliphatic rings. The first-order valence-corrected chi connectivity index (χ1v) is 21.1. The highest BCUT2D eigenvalue weighted by molar-refractivity contribution is 5.76. The van der Waals surface area contributed by atoms with E-state index in [2.05, 4.69) is 31.3 Å². The second kappa shape index (κ2) is 39.3. The van der Waals surface area contributed by atoms with Crippen molar-refractivity contribution in [2.45, 2.75) is 238 Å². The zero-order chi connectivity index (χ0) is 34.3. The van der Waals surface area contributed by atoms with Crippen LogP contribution in [0.1, 0.15) is 226 Å². The Bertz CT molecular complexity index is 676. The molecule has 47 heavy (non-hydrogen) atoms. The fourth-order valence-corrected chi connectivity index (χ4v) is 6.43. The standard InChI is InChI=1S/C43H83NO3/c1-3-5-7-9-11-13-15-16-17-18-19-20-21-22-23-24-25-26-27-29-31-33-35-37-39-43(47)44-41(40-45)42(46)38-36-34-32-30-28-14-12-10-8-6-4-2/h28,30,36,38,41-42,45-46H,3-27,29,31-35,37,39-40H2,1-2H3,(H,44,47)/b30-28+,38-36+. The van der Waals surface area contributed by atoms with E-state index in [0.717, 1.165) is 32.1 Å². The molecule has 0 aromatic carbocycles. The Balaban J connectivity index is 3.49. The van der Waals surface area contributed by atoms with Gasteiger partial charge >= 0.3 is 0 Å². The smallest absolute Gasteiger partial charge is 0.220 e. The quantitative estimate of drug-likeness (QED) is 0.0455. The molecule has 3 N–H and O–H groups in total. The summed E-state index contributed by atoms with van der Waals surface area (Å²) in [5, 5.41) is 22.9. The Kier molecular flexibility index (Phi) is 38.4. The molecule has 2 unspecified atom stereocenters. The van der Waals surface area contributed by atoms with Gasteiger partial charge in [0, 0.05) is 6.42 Å². The topological polar surface area (TPSA) is 69.6 Å². The number of hydrogen-bond acceptors (Lipinski definition) is 3. The predicted molar refractivity (Wildman–Crippen MR) is 207 cm³/mol. The van der Waals surface area contributed by atoms with Gasteiger partial charge in [0.1, 0.15) is 0 Å². The number of nitrogens with one attached hydrogen (secondary N) is 1. The lowest BCUT2D eigenvalue weighted by molar-refractivity contribution is -0.123. The zero-order valence-corrected chi connectivity index (χ0v) is 31.8. The van der Waals surface area contributed by atoms with E-state index < -0.39 is 12.1 Å². The molecule has 0 aliphatic carbocycles. The minimum Gasteiger partial charge on any atom is -0.394 e. The maximum absolute atomic E-state index is 12.3. The van der Waals surface area contributed by atoms with E-state index in [0.29, 0.717) is 6.42 Å². The number of aliphatic hydroxyl groups excluding tert-OH is 2. The molecular formula is C43H83NO3. The van der Waals surface area contributed by atoms with Crippen LogP contribution >= 0.6 is 0 Å². The van der Waals surface area contributed by atoms with Crippen molar-refractivity contribution in [1.29, 1.82) is 0 Å². The normalized spacial score (nSPS) is 13.2. The number of aliphatic hydroxyl groups is 2. The third-order valence-corrected chi connectivity index (χ3v) is 9.69. The van der Waals surface area contributed by atoms with Crippen molar-refractivity contribution in [1.82, 2.24) is 5.32 Å². The molecule has 0 aliphatic heterocycles. The Labute approximate surface area is 294 Å². The lowest BCUT2D eigenvalue weighted by atomic mass is 10.0. The highest BCUT2D eigenvalue weighted by Gasteiger charge is 2.17. The lowest BCUT2D eigenvalue weighted by Crippen LogP contribution is -2.45. The lowest BCUT2D eigenvalue weighted by Gasteiger charge is -2.19. The molecule has 1 amide bonds. The number of rotatable bonds is 38. The Morgan fingerprint density at radius 3 is 1.23 bits per heavy atom. The summed E-state index contributed by atoms with van der Waals surface area (Å²) in [5.41, 5.74) is 0. The number of unbranched alkanes of at least 4 members (excludes halogenated alkanes) is 29. The van der Waals surface area contributed by atoms with E-state index in [9.17, 15) is 15.0 Å². The maximum atomic E-state index is 12.3. The zero-order valence-electron chi connectivity index (χ0n) is 31.8. The SMILES string of the molecule is CCCCCCC/C=C/CC/C=C/C(O)C(CO)NC(=O)CCCCCCCCCCCCCCCCCCCCCCCCCC. The van der Waals surface area contributed by atoms with Crippen LogP contribution in [-0.4, -0.2) is 34.9 Å². The summed E-state index contributed by atoms with van der Waals surface area (Å²) in [5.74, 6) is -0.0721. The van der Waals surface area contributed by atoms with Gasteiger partial charge < -0.3 is 15.5 Å². The van der Waals surface area contributed by atoms with Crippen LogP contribution in [0.5, 0.6) is 0 Å². The van der Waals surface area contributed by atoms with Crippen LogP contribution in [0.15, 0.2) is 24.3 Å². The first-order chi connectivity index (χ1) is 23.2. The van der Waals surface area contributed by atoms with E-state index >= 15 is 0 Å². The highest BCUT2D eigenvalue weighted by atomic mass is 16.3. The molecule has 278 valence electrons. The monoisotopic (exact) mass is 662 g/mol. The molecule has 0 heterocycles. The molecule has 0 saturated heterocycles. The first kappa shape index (κ1) is 45.9. The van der Waals surface area contributed by atoms with Gasteiger partial charge in [0.2, 0.25) is 5.91 Å². The third kappa shape index (κ3) is 36.0. The fourth-order valence-electron chi connectivity index (χ4n) is 6.43. The maximum Gasteiger partial charge on any atom is 0.220 e. The summed E-state index contributed by atoms with van der Waals surface area (Å²) >= 11 is 0. The summed E-state index contributed by atoms with van der Waals surface area (Å²) in [6.45, 7) is 4.28. The highest BCUT2D eigenvalue weighted by Crippen LogP contribution is 2.16. The van der Waals surface area contributed by atoms with Crippen LogP contribution in [0.25, 0.3) is 0 Å². The molecule has 0 spiro atoms. The third-order valence-electron chi connectivity index (χ3n) is 9.69. The molecule has 0 saturated carbocycles. The van der Waals surface area contributed by atoms with Crippen LogP contribution in [0, 0.1) is 0 Å². The van der Waals surface area contributed by atoms with Gasteiger partial charge in [-0.3, -0.25) is 4.79 Å². The average Bonchev–Trinajstić information content (AvgIpc) is 3.07. The molecule has 0 radical (unpaired) electrons. The van der Waals surface area contributed by atoms with Gasteiger partial charge in [-0.1, -0.05) is 212 Å². The molecule has 0 aromatic heterocycles. The number of carbonyl (C=O) groups excluding carboxylic acids is 1. The van der Waals surface area contributed by atoms with E-state index in [1.165, 1.54) is 173 Å². The van der Waals surface area contributed by atoms with Crippen LogP contribution in [0.2, 0.25) is 0 Å². The van der Waals surface area contributed by atoms with Crippen molar-refractivity contribution < 1.29 is 15.0 Å². The van der Waals surface area contributed by atoms with E-state index in [-0.39, 0.29) is 12.5 Å². The van der Waals surface area contributed by atoms with E-state index in [1.54, 1.807) is 6.08 Å². The average molecular weight is 662 g/mol. The molecule has 0 rings (SSSR count). The summed E-state index contributed by atoms with van der Waals surface area (Å²) in [7, 11) is 0. The predicted octanol–water partition coefficient (Wildman–Crippen LogP) is 12.8. The molecule has 4 nitrogen and oxygen atoms in total. The van der Waals surface area contributed by atoms with Crippen LogP contribution in [0.3, 0.4) is 0 Å². The van der Waals surface area contributed by atoms with E-state index in [1.807, 2.05) is 6.08 Å². The fraction of sp³-hybridized carbons (Fsp3) is 0.884. The second-order valence-electron chi connectivity index (χ2n) is 14.4. The van der Waals surface area contributed by atoms with Crippen LogP contribution < -0.4 is 5.32 Å². The van der Waals surface area contributed by atoms with Crippen LogP contribution in [0.4, 0.5) is 0 Å². The van der Waals surface area contributed by atoms with Gasteiger partial charge in [-0.15, -0.1) is 0 Å². The molecule has 0 aromatic rings. The summed E-state index contributed by atoms with van der Waals surface area (Å²) in [6.07, 6.45) is 50.1. The molecule has 0 fully saturated rings. The van der Waals surface area contributed by atoms with Crippen molar-refractivity contribution in [3.63, 3.8) is 0 Å². The Hall–Kier alpha value is -1.13. The van der Waals surface area contributed by atoms with Gasteiger partial charge in [0.15, 0.2) is 0 Å². The number of hydrogen-bond donors (Lipinski definition) is 3. The summed E-state index contributed by atoms with van der Waals surface area (Å²) < 4.78 is 0. The van der Waals surface area contributed by atoms with Gasteiger partial charge in [-0.2, -0.15) is 0 Å². The minimum absolute atomic E-state index is 0.0721. The van der Waals surface area contributed by atoms with Crippen molar-refractivity contribution in [2.75, 3.05) is 6.61 Å². The number of amides is 1. The van der Waals surface area contributed by atoms with E-state index in [4.69, 9.17) is 0 Å². The molecule has 4 heteroatoms. The Morgan fingerprint density at radius 2 is 0.830 bits per heavy atom. The van der Waals surface area contributed by atoms with Crippen molar-refractivity contribution in [3.8, 4) is 0 Å². The largest absolute Gasteiger partial charge is 0.394 e. The molecular weight excluding hydrogens is 578 g/mol. The van der Waals surface area contributed by atoms with Gasteiger partial charge in [-0.25, -0.2) is 0 Å². The summed E-state index contributed by atoms with van der Waals surface area (Å²) in [6, 6.07) is -0.633. The summed E-state index contributed by atoms with van der Waals surface area (Å²) in [4.78, 5) is 12.3. The van der Waals surface area contributed by atoms with Gasteiger partial charge in [-0.05, 0) is 32.1 Å². The number of carbonyl (C=O) groups is 1. The van der Waals surface area contributed by atoms with Gasteiger partial charge in [0.25, 0.3) is 0 Å².